The zero-order valence-electron chi connectivity index (χ0n) is 20.6. The third-order valence-electron chi connectivity index (χ3n) is 6.80. The fourth-order valence-corrected chi connectivity index (χ4v) is 4.72. The molecule has 0 spiro atoms. The highest BCUT2D eigenvalue weighted by Crippen LogP contribution is 2.29. The molecule has 1 aromatic heterocycles. The van der Waals surface area contributed by atoms with Gasteiger partial charge in [0, 0.05) is 17.3 Å². The number of hydrogen-bond acceptors (Lipinski definition) is 3. The average molecular weight is 457 g/mol. The van der Waals surface area contributed by atoms with E-state index in [0.717, 1.165) is 41.8 Å². The second kappa shape index (κ2) is 11.2. The van der Waals surface area contributed by atoms with Crippen LogP contribution in [0.5, 0.6) is 0 Å². The molecule has 1 fully saturated rings. The summed E-state index contributed by atoms with van der Waals surface area (Å²) in [7, 11) is 0. The van der Waals surface area contributed by atoms with Gasteiger partial charge in [0.15, 0.2) is 0 Å². The lowest BCUT2D eigenvalue weighted by Crippen LogP contribution is -2.36. The number of amides is 1. The first kappa shape index (κ1) is 23.9. The molecule has 1 amide bonds. The zero-order valence-corrected chi connectivity index (χ0v) is 20.6. The standard InChI is InChI=1S/C30H36N2O2/c1-4-23(30(33)32-27-9-6-5-7-10-27)19-25-17-22(3)29(18-21(25)2)24-12-14-26(15-13-24)31-20-28-11-8-16-34-28/h8,11-19,27,31H,4-7,9-10,20H2,1-3H3,(H,32,33). The third-order valence-corrected chi connectivity index (χ3v) is 6.80. The number of carbonyl (C=O) groups excluding carboxylic acids is 1. The van der Waals surface area contributed by atoms with Crippen molar-refractivity contribution >= 4 is 17.7 Å². The second-order valence-corrected chi connectivity index (χ2v) is 9.37. The maximum atomic E-state index is 12.9. The van der Waals surface area contributed by atoms with Crippen LogP contribution in [0.25, 0.3) is 17.2 Å². The normalized spacial score (nSPS) is 14.7. The Balaban J connectivity index is 1.47. The number of nitrogens with one attached hydrogen (secondary N) is 2. The highest BCUT2D eigenvalue weighted by molar-refractivity contribution is 5.98. The van der Waals surface area contributed by atoms with Crippen molar-refractivity contribution in [2.45, 2.75) is 71.9 Å². The molecule has 2 aromatic carbocycles. The van der Waals surface area contributed by atoms with Gasteiger partial charge in [-0.25, -0.2) is 0 Å². The fourth-order valence-electron chi connectivity index (χ4n) is 4.72. The predicted octanol–water partition coefficient (Wildman–Crippen LogP) is 7.42. The third kappa shape index (κ3) is 5.99. The van der Waals surface area contributed by atoms with Crippen LogP contribution < -0.4 is 10.6 Å². The number of hydrogen-bond donors (Lipinski definition) is 2. The van der Waals surface area contributed by atoms with Gasteiger partial charge in [-0.2, -0.15) is 0 Å². The molecule has 0 atom stereocenters. The molecule has 0 unspecified atom stereocenters. The van der Waals surface area contributed by atoms with Gasteiger partial charge < -0.3 is 15.1 Å². The molecule has 1 aliphatic rings. The number of rotatable bonds is 8. The topological polar surface area (TPSA) is 54.3 Å². The molecule has 1 saturated carbocycles. The zero-order chi connectivity index (χ0) is 23.9. The number of anilines is 1. The molecule has 0 aliphatic heterocycles. The molecule has 178 valence electrons. The van der Waals surface area contributed by atoms with Crippen molar-refractivity contribution in [1.82, 2.24) is 5.32 Å². The van der Waals surface area contributed by atoms with Gasteiger partial charge in [0.2, 0.25) is 5.91 Å². The minimum Gasteiger partial charge on any atom is -0.467 e. The van der Waals surface area contributed by atoms with Crippen LogP contribution in [0, 0.1) is 13.8 Å². The summed E-state index contributed by atoms with van der Waals surface area (Å²) in [4.78, 5) is 12.9. The van der Waals surface area contributed by atoms with Crippen LogP contribution in [0.2, 0.25) is 0 Å². The van der Waals surface area contributed by atoms with E-state index in [-0.39, 0.29) is 5.91 Å². The summed E-state index contributed by atoms with van der Waals surface area (Å²) in [6.45, 7) is 6.99. The first-order valence-electron chi connectivity index (χ1n) is 12.5. The summed E-state index contributed by atoms with van der Waals surface area (Å²) < 4.78 is 5.38. The molecular weight excluding hydrogens is 420 g/mol. The van der Waals surface area contributed by atoms with E-state index in [9.17, 15) is 4.79 Å². The summed E-state index contributed by atoms with van der Waals surface area (Å²) in [6, 6.07) is 17.1. The maximum absolute atomic E-state index is 12.9. The van der Waals surface area contributed by atoms with Gasteiger partial charge in [0.1, 0.15) is 5.76 Å². The van der Waals surface area contributed by atoms with E-state index in [1.807, 2.05) is 12.1 Å². The molecular formula is C30H36N2O2. The molecule has 4 nitrogen and oxygen atoms in total. The van der Waals surface area contributed by atoms with Gasteiger partial charge in [-0.1, -0.05) is 50.5 Å². The molecule has 0 saturated heterocycles. The van der Waals surface area contributed by atoms with Gasteiger partial charge in [0.25, 0.3) is 0 Å². The van der Waals surface area contributed by atoms with Gasteiger partial charge in [-0.15, -0.1) is 0 Å². The Hall–Kier alpha value is -3.27. The molecule has 3 aromatic rings. The first-order valence-corrected chi connectivity index (χ1v) is 12.5. The Morgan fingerprint density at radius 1 is 1.03 bits per heavy atom. The van der Waals surface area contributed by atoms with Gasteiger partial charge in [-0.3, -0.25) is 4.79 Å². The highest BCUT2D eigenvalue weighted by Gasteiger charge is 2.18. The quantitative estimate of drug-likeness (QED) is 0.347. The summed E-state index contributed by atoms with van der Waals surface area (Å²) in [5, 5.41) is 6.66. The van der Waals surface area contributed by atoms with Gasteiger partial charge >= 0.3 is 0 Å². The van der Waals surface area contributed by atoms with Crippen LogP contribution in [0.15, 0.2) is 64.8 Å². The first-order chi connectivity index (χ1) is 16.5. The smallest absolute Gasteiger partial charge is 0.247 e. The number of aryl methyl sites for hydroxylation is 2. The Morgan fingerprint density at radius 3 is 2.47 bits per heavy atom. The van der Waals surface area contributed by atoms with E-state index in [0.29, 0.717) is 12.6 Å². The summed E-state index contributed by atoms with van der Waals surface area (Å²) in [6.07, 6.45) is 10.4. The van der Waals surface area contributed by atoms with Crippen LogP contribution in [0.1, 0.15) is 67.9 Å². The summed E-state index contributed by atoms with van der Waals surface area (Å²) in [5.41, 5.74) is 7.82. The van der Waals surface area contributed by atoms with E-state index in [4.69, 9.17) is 4.42 Å². The van der Waals surface area contributed by atoms with Crippen molar-refractivity contribution in [3.05, 3.63) is 82.8 Å². The molecule has 1 heterocycles. The summed E-state index contributed by atoms with van der Waals surface area (Å²) >= 11 is 0. The molecule has 1 aliphatic carbocycles. The highest BCUT2D eigenvalue weighted by atomic mass is 16.3. The van der Waals surface area contributed by atoms with Crippen molar-refractivity contribution in [3.8, 4) is 11.1 Å². The number of furan rings is 1. The van der Waals surface area contributed by atoms with Crippen LogP contribution in [0.4, 0.5) is 5.69 Å². The average Bonchev–Trinajstić information content (AvgIpc) is 3.38. The fraction of sp³-hybridized carbons (Fsp3) is 0.367. The van der Waals surface area contributed by atoms with Crippen molar-refractivity contribution in [1.29, 1.82) is 0 Å². The van der Waals surface area contributed by atoms with Crippen molar-refractivity contribution in [3.63, 3.8) is 0 Å². The maximum Gasteiger partial charge on any atom is 0.247 e. The minimum atomic E-state index is 0.0909. The largest absolute Gasteiger partial charge is 0.467 e. The van der Waals surface area contributed by atoms with E-state index in [1.54, 1.807) is 6.26 Å². The predicted molar refractivity (Wildman–Crippen MR) is 141 cm³/mol. The van der Waals surface area contributed by atoms with E-state index in [2.05, 4.69) is 73.9 Å². The number of carbonyl (C=O) groups is 1. The SMILES string of the molecule is CCC(=Cc1cc(C)c(-c2ccc(NCc3ccco3)cc2)cc1C)C(=O)NC1CCCCC1. The minimum absolute atomic E-state index is 0.0909. The van der Waals surface area contributed by atoms with Gasteiger partial charge in [-0.05, 0) is 91.3 Å². The van der Waals surface area contributed by atoms with Crippen LogP contribution in [0.3, 0.4) is 0 Å². The monoisotopic (exact) mass is 456 g/mol. The Kier molecular flexibility index (Phi) is 7.89. The van der Waals surface area contributed by atoms with E-state index in [1.165, 1.54) is 41.5 Å². The van der Waals surface area contributed by atoms with Crippen molar-refractivity contribution < 1.29 is 9.21 Å². The second-order valence-electron chi connectivity index (χ2n) is 9.37. The van der Waals surface area contributed by atoms with Crippen LogP contribution in [-0.4, -0.2) is 11.9 Å². The molecule has 34 heavy (non-hydrogen) atoms. The molecule has 2 N–H and O–H groups in total. The van der Waals surface area contributed by atoms with Crippen molar-refractivity contribution in [2.75, 3.05) is 5.32 Å². The molecule has 4 heteroatoms. The Bertz CT molecular complexity index is 1120. The Morgan fingerprint density at radius 2 is 1.79 bits per heavy atom. The van der Waals surface area contributed by atoms with Gasteiger partial charge in [0.05, 0.1) is 12.8 Å². The molecule has 0 bridgehead atoms. The lowest BCUT2D eigenvalue weighted by molar-refractivity contribution is -0.118. The van der Waals surface area contributed by atoms with Crippen molar-refractivity contribution in [2.24, 2.45) is 0 Å². The molecule has 0 radical (unpaired) electrons. The van der Waals surface area contributed by atoms with Crippen LogP contribution >= 0.6 is 0 Å². The lowest BCUT2D eigenvalue weighted by Gasteiger charge is -2.23. The molecule has 4 rings (SSSR count). The summed E-state index contributed by atoms with van der Waals surface area (Å²) in [5.74, 6) is 1.01. The number of benzene rings is 2. The van der Waals surface area contributed by atoms with E-state index < -0.39 is 0 Å². The van der Waals surface area contributed by atoms with Crippen LogP contribution in [-0.2, 0) is 11.3 Å². The lowest BCUT2D eigenvalue weighted by atomic mass is 9.93. The Labute approximate surface area is 203 Å². The van der Waals surface area contributed by atoms with E-state index >= 15 is 0 Å².